The van der Waals surface area contributed by atoms with E-state index in [9.17, 15) is 19.2 Å². The molecule has 0 fully saturated rings. The fraction of sp³-hybridized carbons (Fsp3) is 0.174. The minimum absolute atomic E-state index is 0.0341. The molecule has 1 atom stereocenters. The van der Waals surface area contributed by atoms with Crippen LogP contribution in [0.2, 0.25) is 0 Å². The zero-order valence-corrected chi connectivity index (χ0v) is 17.4. The maximum atomic E-state index is 12.9. The fourth-order valence-corrected chi connectivity index (χ4v) is 2.95. The number of rotatable bonds is 6. The Morgan fingerprint density at radius 1 is 0.935 bits per heavy atom. The maximum Gasteiger partial charge on any atom is 0.291 e. The summed E-state index contributed by atoms with van der Waals surface area (Å²) < 4.78 is 1.05. The van der Waals surface area contributed by atoms with E-state index in [4.69, 9.17) is 0 Å². The molecule has 0 bridgehead atoms. The number of carbonyl (C=O) groups excluding carboxylic acids is 3. The zero-order valence-electron chi connectivity index (χ0n) is 17.4. The van der Waals surface area contributed by atoms with Crippen LogP contribution in [-0.4, -0.2) is 27.4 Å². The molecular weight excluding hydrogens is 396 g/mol. The molecule has 1 heterocycles. The van der Waals surface area contributed by atoms with Crippen molar-refractivity contribution in [3.8, 4) is 11.3 Å². The Morgan fingerprint density at radius 2 is 1.58 bits per heavy atom. The van der Waals surface area contributed by atoms with Crippen molar-refractivity contribution in [3.05, 3.63) is 76.6 Å². The van der Waals surface area contributed by atoms with Gasteiger partial charge < -0.3 is 10.6 Å². The van der Waals surface area contributed by atoms with Crippen molar-refractivity contribution in [2.45, 2.75) is 26.8 Å². The quantitative estimate of drug-likeness (QED) is 0.597. The maximum absolute atomic E-state index is 12.9. The third-order valence-corrected chi connectivity index (χ3v) is 4.62. The van der Waals surface area contributed by atoms with Crippen molar-refractivity contribution >= 4 is 29.0 Å². The normalized spacial score (nSPS) is 11.5. The Labute approximate surface area is 178 Å². The molecule has 0 aliphatic rings. The van der Waals surface area contributed by atoms with Gasteiger partial charge in [0.1, 0.15) is 11.7 Å². The van der Waals surface area contributed by atoms with Crippen LogP contribution in [0.25, 0.3) is 11.3 Å². The predicted octanol–water partition coefficient (Wildman–Crippen LogP) is 3.27. The van der Waals surface area contributed by atoms with E-state index < -0.39 is 23.4 Å². The van der Waals surface area contributed by atoms with Crippen LogP contribution in [0.15, 0.2) is 65.5 Å². The first-order valence-corrected chi connectivity index (χ1v) is 9.65. The monoisotopic (exact) mass is 418 g/mol. The molecule has 158 valence electrons. The largest absolute Gasteiger partial charge is 0.324 e. The van der Waals surface area contributed by atoms with Gasteiger partial charge in [0.15, 0.2) is 5.78 Å². The smallest absolute Gasteiger partial charge is 0.291 e. The molecule has 2 amide bonds. The van der Waals surface area contributed by atoms with E-state index in [-0.39, 0.29) is 11.5 Å². The number of hydrogen-bond acceptors (Lipinski definition) is 5. The summed E-state index contributed by atoms with van der Waals surface area (Å²) in [5.41, 5.74) is 1.62. The van der Waals surface area contributed by atoms with Gasteiger partial charge >= 0.3 is 0 Å². The first-order chi connectivity index (χ1) is 14.8. The van der Waals surface area contributed by atoms with Gasteiger partial charge in [0.05, 0.1) is 5.69 Å². The summed E-state index contributed by atoms with van der Waals surface area (Å²) in [5, 5.41) is 9.58. The minimum atomic E-state index is -0.962. The van der Waals surface area contributed by atoms with Gasteiger partial charge in [-0.1, -0.05) is 30.3 Å². The van der Waals surface area contributed by atoms with Crippen molar-refractivity contribution < 1.29 is 14.4 Å². The molecule has 0 unspecified atom stereocenters. The van der Waals surface area contributed by atoms with E-state index in [1.807, 2.05) is 30.3 Å². The molecule has 0 aliphatic carbocycles. The number of hydrogen-bond donors (Lipinski definition) is 2. The molecule has 31 heavy (non-hydrogen) atoms. The number of nitrogens with zero attached hydrogens (tertiary/aromatic N) is 2. The second-order valence-corrected chi connectivity index (χ2v) is 7.04. The van der Waals surface area contributed by atoms with Gasteiger partial charge in [-0.15, -0.1) is 0 Å². The summed E-state index contributed by atoms with van der Waals surface area (Å²) >= 11 is 0. The predicted molar refractivity (Wildman–Crippen MR) is 118 cm³/mol. The van der Waals surface area contributed by atoms with Crippen LogP contribution in [0.5, 0.6) is 0 Å². The van der Waals surface area contributed by atoms with Crippen LogP contribution < -0.4 is 16.2 Å². The number of ketones is 1. The highest BCUT2D eigenvalue weighted by Gasteiger charge is 2.21. The number of aromatic nitrogens is 2. The lowest BCUT2D eigenvalue weighted by Crippen LogP contribution is -2.35. The summed E-state index contributed by atoms with van der Waals surface area (Å²) in [6.07, 6.45) is 0. The SMILES string of the molecule is CC(=O)Nc1cc(-c2ccccc2)nn([C@H](C)C(=O)Nc2ccc(C(C)=O)cc2)c1=O. The van der Waals surface area contributed by atoms with Gasteiger partial charge in [0.25, 0.3) is 5.56 Å². The molecule has 0 aliphatic heterocycles. The molecule has 0 spiro atoms. The molecule has 2 aromatic carbocycles. The lowest BCUT2D eigenvalue weighted by atomic mass is 10.1. The van der Waals surface area contributed by atoms with E-state index in [1.165, 1.54) is 19.9 Å². The van der Waals surface area contributed by atoms with Gasteiger partial charge in [-0.3, -0.25) is 19.2 Å². The van der Waals surface area contributed by atoms with Gasteiger partial charge in [-0.05, 0) is 44.2 Å². The topological polar surface area (TPSA) is 110 Å². The average molecular weight is 418 g/mol. The Hall–Kier alpha value is -4.07. The number of benzene rings is 2. The summed E-state index contributed by atoms with van der Waals surface area (Å²) in [5.74, 6) is -0.953. The van der Waals surface area contributed by atoms with Crippen LogP contribution in [-0.2, 0) is 9.59 Å². The van der Waals surface area contributed by atoms with Crippen LogP contribution in [0.4, 0.5) is 11.4 Å². The molecular formula is C23H22N4O4. The van der Waals surface area contributed by atoms with Gasteiger partial charge in [0.2, 0.25) is 11.8 Å². The van der Waals surface area contributed by atoms with Crippen molar-refractivity contribution in [1.29, 1.82) is 0 Å². The summed E-state index contributed by atoms with van der Waals surface area (Å²) in [6, 6.07) is 16.1. The first kappa shape index (κ1) is 21.6. The number of Topliss-reactive ketones (excluding diaryl/α,β-unsaturated/α-hetero) is 1. The number of nitrogens with one attached hydrogen (secondary N) is 2. The molecule has 0 saturated heterocycles. The molecule has 0 radical (unpaired) electrons. The van der Waals surface area contributed by atoms with Crippen LogP contribution in [0, 0.1) is 0 Å². The summed E-state index contributed by atoms with van der Waals surface area (Å²) in [6.45, 7) is 4.30. The molecule has 3 rings (SSSR count). The van der Waals surface area contributed by atoms with Crippen LogP contribution in [0.1, 0.15) is 37.2 Å². The molecule has 1 aromatic heterocycles. The van der Waals surface area contributed by atoms with Crippen molar-refractivity contribution in [2.75, 3.05) is 10.6 Å². The molecule has 0 saturated carbocycles. The van der Waals surface area contributed by atoms with Crippen LogP contribution >= 0.6 is 0 Å². The standard InChI is InChI=1S/C23H22N4O4/c1-14(22(30)25-19-11-9-17(10-12-19)15(2)28)27-23(31)21(24-16(3)29)13-20(26-27)18-7-5-4-6-8-18/h4-14H,1-3H3,(H,24,29)(H,25,30)/t14-/m1/s1. The Kier molecular flexibility index (Phi) is 6.40. The Bertz CT molecular complexity index is 1180. The third-order valence-electron chi connectivity index (χ3n) is 4.62. The lowest BCUT2D eigenvalue weighted by Gasteiger charge is -2.17. The van der Waals surface area contributed by atoms with E-state index in [0.717, 1.165) is 10.2 Å². The van der Waals surface area contributed by atoms with Crippen molar-refractivity contribution in [1.82, 2.24) is 9.78 Å². The van der Waals surface area contributed by atoms with Gasteiger partial charge in [-0.2, -0.15) is 5.10 Å². The highest BCUT2D eigenvalue weighted by atomic mass is 16.2. The summed E-state index contributed by atoms with van der Waals surface area (Å²) in [7, 11) is 0. The summed E-state index contributed by atoms with van der Waals surface area (Å²) in [4.78, 5) is 48.6. The molecule has 8 nitrogen and oxygen atoms in total. The third kappa shape index (κ3) is 5.11. The van der Waals surface area contributed by atoms with Gasteiger partial charge in [-0.25, -0.2) is 4.68 Å². The highest BCUT2D eigenvalue weighted by Crippen LogP contribution is 2.20. The minimum Gasteiger partial charge on any atom is -0.324 e. The zero-order chi connectivity index (χ0) is 22.5. The van der Waals surface area contributed by atoms with Crippen molar-refractivity contribution in [2.24, 2.45) is 0 Å². The Balaban J connectivity index is 1.95. The number of anilines is 2. The Morgan fingerprint density at radius 3 is 2.16 bits per heavy atom. The molecule has 3 aromatic rings. The molecule has 8 heteroatoms. The second-order valence-electron chi connectivity index (χ2n) is 7.04. The van der Waals surface area contributed by atoms with E-state index in [1.54, 1.807) is 31.2 Å². The van der Waals surface area contributed by atoms with E-state index in [0.29, 0.717) is 16.9 Å². The van der Waals surface area contributed by atoms with Gasteiger partial charge in [0, 0.05) is 23.7 Å². The highest BCUT2D eigenvalue weighted by molar-refractivity contribution is 5.96. The van der Waals surface area contributed by atoms with E-state index in [2.05, 4.69) is 15.7 Å². The average Bonchev–Trinajstić information content (AvgIpc) is 2.75. The van der Waals surface area contributed by atoms with Crippen LogP contribution in [0.3, 0.4) is 0 Å². The first-order valence-electron chi connectivity index (χ1n) is 9.65. The fourth-order valence-electron chi connectivity index (χ4n) is 2.95. The molecule has 2 N–H and O–H groups in total. The van der Waals surface area contributed by atoms with Crippen molar-refractivity contribution in [3.63, 3.8) is 0 Å². The lowest BCUT2D eigenvalue weighted by molar-refractivity contribution is -0.119. The number of carbonyl (C=O) groups is 3. The van der Waals surface area contributed by atoms with E-state index >= 15 is 0 Å². The second kappa shape index (κ2) is 9.17. The number of amides is 2.